The van der Waals surface area contributed by atoms with Crippen molar-refractivity contribution in [1.82, 2.24) is 4.90 Å². The number of carbonyl (C=O) groups excluding carboxylic acids is 1. The minimum atomic E-state index is -0.469. The molecule has 4 heteroatoms. The van der Waals surface area contributed by atoms with E-state index in [-0.39, 0.29) is 17.5 Å². The summed E-state index contributed by atoms with van der Waals surface area (Å²) in [5.41, 5.74) is 0.152. The third kappa shape index (κ3) is 2.91. The highest BCUT2D eigenvalue weighted by Crippen LogP contribution is 2.31. The number of benzene rings is 1. The molecule has 98 valence electrons. The van der Waals surface area contributed by atoms with Crippen molar-refractivity contribution in [3.63, 3.8) is 0 Å². The second-order valence-electron chi connectivity index (χ2n) is 5.10. The maximum absolute atomic E-state index is 13.9. The SMILES string of the molecule is CC(C)N(CC1CC1)C(=O)c1cccc(Br)c1F. The predicted molar refractivity (Wildman–Crippen MR) is 73.0 cm³/mol. The Balaban J connectivity index is 2.23. The zero-order chi connectivity index (χ0) is 13.3. The average molecular weight is 314 g/mol. The third-order valence-electron chi connectivity index (χ3n) is 3.22. The molecule has 2 rings (SSSR count). The van der Waals surface area contributed by atoms with Gasteiger partial charge in [0, 0.05) is 12.6 Å². The lowest BCUT2D eigenvalue weighted by atomic mass is 10.1. The quantitative estimate of drug-likeness (QED) is 0.827. The van der Waals surface area contributed by atoms with E-state index in [1.165, 1.54) is 12.8 Å². The van der Waals surface area contributed by atoms with Crippen LogP contribution in [0.1, 0.15) is 37.0 Å². The molecule has 18 heavy (non-hydrogen) atoms. The van der Waals surface area contributed by atoms with Gasteiger partial charge in [0.25, 0.3) is 5.91 Å². The minimum absolute atomic E-state index is 0.0940. The summed E-state index contributed by atoms with van der Waals surface area (Å²) in [5.74, 6) is -0.0776. The third-order valence-corrected chi connectivity index (χ3v) is 3.83. The zero-order valence-corrected chi connectivity index (χ0v) is 12.2. The van der Waals surface area contributed by atoms with E-state index in [1.807, 2.05) is 13.8 Å². The van der Waals surface area contributed by atoms with Crippen molar-refractivity contribution in [3.05, 3.63) is 34.1 Å². The van der Waals surface area contributed by atoms with Gasteiger partial charge in [-0.25, -0.2) is 4.39 Å². The van der Waals surface area contributed by atoms with Crippen LogP contribution in [0.15, 0.2) is 22.7 Å². The van der Waals surface area contributed by atoms with Crippen molar-refractivity contribution in [3.8, 4) is 0 Å². The highest BCUT2D eigenvalue weighted by Gasteiger charge is 2.29. The second kappa shape index (κ2) is 5.39. The summed E-state index contributed by atoms with van der Waals surface area (Å²) in [4.78, 5) is 14.2. The molecular weight excluding hydrogens is 297 g/mol. The van der Waals surface area contributed by atoms with Crippen LogP contribution in [0.2, 0.25) is 0 Å². The van der Waals surface area contributed by atoms with Crippen molar-refractivity contribution in [2.45, 2.75) is 32.7 Å². The van der Waals surface area contributed by atoms with Crippen LogP contribution in [0.25, 0.3) is 0 Å². The molecule has 1 aromatic rings. The highest BCUT2D eigenvalue weighted by atomic mass is 79.9. The van der Waals surface area contributed by atoms with E-state index in [9.17, 15) is 9.18 Å². The molecule has 0 N–H and O–H groups in total. The molecule has 1 aliphatic rings. The number of hydrogen-bond donors (Lipinski definition) is 0. The summed E-state index contributed by atoms with van der Waals surface area (Å²) in [6.07, 6.45) is 2.36. The van der Waals surface area contributed by atoms with Gasteiger partial charge in [-0.15, -0.1) is 0 Å². The van der Waals surface area contributed by atoms with Gasteiger partial charge in [-0.05, 0) is 60.7 Å². The molecule has 1 fully saturated rings. The van der Waals surface area contributed by atoms with Gasteiger partial charge in [-0.2, -0.15) is 0 Å². The van der Waals surface area contributed by atoms with Crippen LogP contribution in [-0.2, 0) is 0 Å². The molecule has 1 amide bonds. The normalized spacial score (nSPS) is 14.9. The molecule has 2 nitrogen and oxygen atoms in total. The first kappa shape index (κ1) is 13.5. The molecule has 1 saturated carbocycles. The fraction of sp³-hybridized carbons (Fsp3) is 0.500. The Labute approximate surface area is 115 Å². The number of hydrogen-bond acceptors (Lipinski definition) is 1. The summed E-state index contributed by atoms with van der Waals surface area (Å²) < 4.78 is 14.3. The first-order valence-corrected chi connectivity index (χ1v) is 7.05. The van der Waals surface area contributed by atoms with Gasteiger partial charge in [-0.1, -0.05) is 6.07 Å². The Morgan fingerprint density at radius 1 is 1.50 bits per heavy atom. The Hall–Kier alpha value is -0.900. The lowest BCUT2D eigenvalue weighted by Gasteiger charge is -2.27. The maximum Gasteiger partial charge on any atom is 0.257 e. The van der Waals surface area contributed by atoms with E-state index in [0.29, 0.717) is 10.4 Å². The highest BCUT2D eigenvalue weighted by molar-refractivity contribution is 9.10. The van der Waals surface area contributed by atoms with E-state index in [2.05, 4.69) is 15.9 Å². The fourth-order valence-electron chi connectivity index (χ4n) is 1.93. The Kier molecular flexibility index (Phi) is 4.05. The van der Waals surface area contributed by atoms with Crippen LogP contribution in [0.5, 0.6) is 0 Å². The van der Waals surface area contributed by atoms with Gasteiger partial charge in [0.2, 0.25) is 0 Å². The largest absolute Gasteiger partial charge is 0.336 e. The van der Waals surface area contributed by atoms with E-state index < -0.39 is 5.82 Å². The molecule has 1 aromatic carbocycles. The van der Waals surface area contributed by atoms with Crippen molar-refractivity contribution in [1.29, 1.82) is 0 Å². The Morgan fingerprint density at radius 3 is 2.72 bits per heavy atom. The maximum atomic E-state index is 13.9. The summed E-state index contributed by atoms with van der Waals surface area (Å²) in [6, 6.07) is 4.93. The van der Waals surface area contributed by atoms with Crippen LogP contribution in [0.4, 0.5) is 4.39 Å². The van der Waals surface area contributed by atoms with Gasteiger partial charge in [0.15, 0.2) is 0 Å². The number of halogens is 2. The van der Waals surface area contributed by atoms with Gasteiger partial charge in [0.1, 0.15) is 5.82 Å². The number of carbonyl (C=O) groups is 1. The first-order chi connectivity index (χ1) is 8.50. The molecule has 0 atom stereocenters. The van der Waals surface area contributed by atoms with Gasteiger partial charge < -0.3 is 4.90 Å². The topological polar surface area (TPSA) is 20.3 Å². The van der Waals surface area contributed by atoms with Gasteiger partial charge in [-0.3, -0.25) is 4.79 Å². The van der Waals surface area contributed by atoms with E-state index in [4.69, 9.17) is 0 Å². The minimum Gasteiger partial charge on any atom is -0.336 e. The van der Waals surface area contributed by atoms with E-state index in [1.54, 1.807) is 23.1 Å². The van der Waals surface area contributed by atoms with E-state index >= 15 is 0 Å². The first-order valence-electron chi connectivity index (χ1n) is 6.25. The van der Waals surface area contributed by atoms with Crippen LogP contribution >= 0.6 is 15.9 Å². The average Bonchev–Trinajstić information content (AvgIpc) is 3.12. The number of amides is 1. The Bertz CT molecular complexity index is 457. The monoisotopic (exact) mass is 313 g/mol. The molecule has 0 heterocycles. The van der Waals surface area contributed by atoms with Gasteiger partial charge >= 0.3 is 0 Å². The van der Waals surface area contributed by atoms with Crippen molar-refractivity contribution in [2.75, 3.05) is 6.54 Å². The van der Waals surface area contributed by atoms with Crippen LogP contribution < -0.4 is 0 Å². The standard InChI is InChI=1S/C14H17BrFNO/c1-9(2)17(8-10-6-7-10)14(18)11-4-3-5-12(15)13(11)16/h3-5,9-10H,6-8H2,1-2H3. The van der Waals surface area contributed by atoms with Crippen molar-refractivity contribution >= 4 is 21.8 Å². The molecule has 0 spiro atoms. The molecule has 0 unspecified atom stereocenters. The predicted octanol–water partition coefficient (Wildman–Crippen LogP) is 3.85. The van der Waals surface area contributed by atoms with Crippen LogP contribution in [0, 0.1) is 11.7 Å². The second-order valence-corrected chi connectivity index (χ2v) is 5.95. The summed E-state index contributed by atoms with van der Waals surface area (Å²) >= 11 is 3.12. The molecule has 0 saturated heterocycles. The molecule has 1 aliphatic carbocycles. The van der Waals surface area contributed by atoms with Gasteiger partial charge in [0.05, 0.1) is 10.0 Å². The molecular formula is C14H17BrFNO. The molecule has 0 bridgehead atoms. The van der Waals surface area contributed by atoms with Crippen molar-refractivity contribution < 1.29 is 9.18 Å². The number of nitrogens with zero attached hydrogens (tertiary/aromatic N) is 1. The van der Waals surface area contributed by atoms with Crippen molar-refractivity contribution in [2.24, 2.45) is 5.92 Å². The zero-order valence-electron chi connectivity index (χ0n) is 10.6. The number of rotatable bonds is 4. The summed E-state index contributed by atoms with van der Waals surface area (Å²) in [5, 5.41) is 0. The molecule has 0 radical (unpaired) electrons. The van der Waals surface area contributed by atoms with E-state index in [0.717, 1.165) is 6.54 Å². The lowest BCUT2D eigenvalue weighted by molar-refractivity contribution is 0.0691. The van der Waals surface area contributed by atoms with Crippen LogP contribution in [-0.4, -0.2) is 23.4 Å². The summed E-state index contributed by atoms with van der Waals surface area (Å²) in [7, 11) is 0. The van der Waals surface area contributed by atoms with Crippen LogP contribution in [0.3, 0.4) is 0 Å². The fourth-order valence-corrected chi connectivity index (χ4v) is 2.30. The smallest absolute Gasteiger partial charge is 0.257 e. The molecule has 0 aromatic heterocycles. The lowest BCUT2D eigenvalue weighted by Crippen LogP contribution is -2.39. The Morgan fingerprint density at radius 2 is 2.17 bits per heavy atom. The molecule has 0 aliphatic heterocycles. The summed E-state index contributed by atoms with van der Waals surface area (Å²) in [6.45, 7) is 4.68.